The van der Waals surface area contributed by atoms with Gasteiger partial charge >= 0.3 is 29.6 Å². The van der Waals surface area contributed by atoms with Crippen LogP contribution in [0, 0.1) is 0 Å². The van der Waals surface area contributed by atoms with Crippen molar-refractivity contribution >= 4 is 29.6 Å². The van der Waals surface area contributed by atoms with Gasteiger partial charge in [0.15, 0.2) is 0 Å². The molecule has 0 spiro atoms. The molecule has 1 N–H and O–H groups in total. The Labute approximate surface area is 64.0 Å². The Bertz CT molecular complexity index is 115. The summed E-state index contributed by atoms with van der Waals surface area (Å²) < 4.78 is 1.00. The first-order valence-corrected chi connectivity index (χ1v) is 1.72. The molecule has 0 unspecified atom stereocenters. The quantitative estimate of drug-likeness (QED) is 0.368. The Balaban J connectivity index is 0.000000360. The summed E-state index contributed by atoms with van der Waals surface area (Å²) in [6.07, 6.45) is 3.11. The van der Waals surface area contributed by atoms with Gasteiger partial charge in [0.25, 0.3) is 0 Å². The van der Waals surface area contributed by atoms with Crippen molar-refractivity contribution < 1.29 is 5.21 Å². The zero-order chi connectivity index (χ0) is 4.41. The molecule has 0 fully saturated rings. The van der Waals surface area contributed by atoms with Gasteiger partial charge in [-0.2, -0.15) is 0 Å². The first kappa shape index (κ1) is 7.08. The Morgan fingerprint density at radius 3 is 1.71 bits per heavy atom. The van der Waals surface area contributed by atoms with Gasteiger partial charge in [-0.05, 0) is 12.1 Å². The van der Waals surface area contributed by atoms with E-state index in [1.165, 1.54) is 0 Å². The molecule has 0 aliphatic carbocycles. The van der Waals surface area contributed by atoms with Gasteiger partial charge in [-0.25, -0.2) is 4.73 Å². The van der Waals surface area contributed by atoms with Crippen LogP contribution >= 0.6 is 0 Å². The first-order valence-electron chi connectivity index (χ1n) is 1.72. The summed E-state index contributed by atoms with van der Waals surface area (Å²) in [6.45, 7) is 0. The monoisotopic (exact) mass is 107 g/mol. The standard InChI is InChI=1S/C4H5NO.Na.H/c6-5-3-1-2-4-5;;/h1-4,6H;;. The SMILES string of the molecule is On1cccc1.[NaH]. The van der Waals surface area contributed by atoms with Crippen LogP contribution in [0.3, 0.4) is 0 Å². The van der Waals surface area contributed by atoms with E-state index in [1.54, 1.807) is 24.5 Å². The van der Waals surface area contributed by atoms with Crippen molar-refractivity contribution in [3.8, 4) is 0 Å². The Hall–Kier alpha value is 0.0800. The van der Waals surface area contributed by atoms with Crippen molar-refractivity contribution in [1.29, 1.82) is 0 Å². The molecule has 0 aliphatic heterocycles. The number of hydrogen-bond acceptors (Lipinski definition) is 1. The summed E-state index contributed by atoms with van der Waals surface area (Å²) in [7, 11) is 0. The zero-order valence-electron chi connectivity index (χ0n) is 3.20. The fourth-order valence-corrected chi connectivity index (χ4v) is 0.325. The molecule has 7 heavy (non-hydrogen) atoms. The van der Waals surface area contributed by atoms with Crippen LogP contribution in [-0.2, 0) is 0 Å². The van der Waals surface area contributed by atoms with Crippen LogP contribution in [0.15, 0.2) is 24.5 Å². The maximum absolute atomic E-state index is 8.39. The summed E-state index contributed by atoms with van der Waals surface area (Å²) in [6, 6.07) is 3.50. The van der Waals surface area contributed by atoms with Crippen LogP contribution in [0.4, 0.5) is 0 Å². The average molecular weight is 107 g/mol. The summed E-state index contributed by atoms with van der Waals surface area (Å²) in [4.78, 5) is 0. The van der Waals surface area contributed by atoms with E-state index in [0.717, 1.165) is 4.73 Å². The second-order valence-corrected chi connectivity index (χ2v) is 1.06. The van der Waals surface area contributed by atoms with Crippen molar-refractivity contribution in [2.24, 2.45) is 0 Å². The van der Waals surface area contributed by atoms with Gasteiger partial charge in [-0.1, -0.05) is 0 Å². The first-order chi connectivity index (χ1) is 2.89. The van der Waals surface area contributed by atoms with E-state index in [2.05, 4.69) is 0 Å². The predicted molar refractivity (Wildman–Crippen MR) is 28.8 cm³/mol. The normalized spacial score (nSPS) is 7.43. The van der Waals surface area contributed by atoms with Crippen LogP contribution < -0.4 is 0 Å². The predicted octanol–water partition coefficient (Wildman–Crippen LogP) is 0.0769. The van der Waals surface area contributed by atoms with E-state index < -0.39 is 0 Å². The van der Waals surface area contributed by atoms with Gasteiger partial charge in [-0.15, -0.1) is 0 Å². The van der Waals surface area contributed by atoms with Crippen LogP contribution in [0.1, 0.15) is 0 Å². The van der Waals surface area contributed by atoms with Crippen molar-refractivity contribution in [3.63, 3.8) is 0 Å². The van der Waals surface area contributed by atoms with Gasteiger partial charge in [-0.3, -0.25) is 0 Å². The fraction of sp³-hybridized carbons (Fsp3) is 0. The average Bonchev–Trinajstić information content (AvgIpc) is 1.86. The Morgan fingerprint density at radius 1 is 1.14 bits per heavy atom. The minimum absolute atomic E-state index is 0. The molecule has 0 atom stereocenters. The Kier molecular flexibility index (Phi) is 3.17. The second-order valence-electron chi connectivity index (χ2n) is 1.06. The van der Waals surface area contributed by atoms with Gasteiger partial charge in [0.05, 0.1) is 0 Å². The summed E-state index contributed by atoms with van der Waals surface area (Å²) in [5.74, 6) is 0. The summed E-state index contributed by atoms with van der Waals surface area (Å²) in [5, 5.41) is 8.39. The minimum atomic E-state index is 0. The third-order valence-corrected chi connectivity index (χ3v) is 0.589. The van der Waals surface area contributed by atoms with Crippen LogP contribution in [0.2, 0.25) is 0 Å². The molecule has 0 saturated heterocycles. The van der Waals surface area contributed by atoms with E-state index in [9.17, 15) is 0 Å². The molecule has 0 radical (unpaired) electrons. The fourth-order valence-electron chi connectivity index (χ4n) is 0.325. The third-order valence-electron chi connectivity index (χ3n) is 0.589. The zero-order valence-corrected chi connectivity index (χ0v) is 3.20. The second kappa shape index (κ2) is 3.13. The van der Waals surface area contributed by atoms with Crippen LogP contribution in [0.25, 0.3) is 0 Å². The summed E-state index contributed by atoms with van der Waals surface area (Å²) in [5.41, 5.74) is 0. The molecule has 34 valence electrons. The van der Waals surface area contributed by atoms with E-state index in [1.807, 2.05) is 0 Å². The van der Waals surface area contributed by atoms with Crippen molar-refractivity contribution in [1.82, 2.24) is 4.73 Å². The van der Waals surface area contributed by atoms with E-state index in [-0.39, 0.29) is 29.6 Å². The molecule has 1 aromatic rings. The van der Waals surface area contributed by atoms with Crippen molar-refractivity contribution in [3.05, 3.63) is 24.5 Å². The summed E-state index contributed by atoms with van der Waals surface area (Å²) >= 11 is 0. The molecule has 1 aromatic heterocycles. The van der Waals surface area contributed by atoms with E-state index in [4.69, 9.17) is 5.21 Å². The van der Waals surface area contributed by atoms with Gasteiger partial charge in [0.2, 0.25) is 0 Å². The number of aromatic nitrogens is 1. The number of nitrogens with zero attached hydrogens (tertiary/aromatic N) is 1. The topological polar surface area (TPSA) is 25.2 Å². The molecule has 2 nitrogen and oxygen atoms in total. The Morgan fingerprint density at radius 2 is 1.57 bits per heavy atom. The van der Waals surface area contributed by atoms with Gasteiger partial charge in [0, 0.05) is 12.4 Å². The van der Waals surface area contributed by atoms with Crippen LogP contribution in [-0.4, -0.2) is 39.5 Å². The van der Waals surface area contributed by atoms with E-state index in [0.29, 0.717) is 0 Å². The molecule has 3 heteroatoms. The van der Waals surface area contributed by atoms with Crippen molar-refractivity contribution in [2.45, 2.75) is 0 Å². The number of hydrogen-bond donors (Lipinski definition) is 1. The van der Waals surface area contributed by atoms with Gasteiger partial charge < -0.3 is 5.21 Å². The molecular weight excluding hydrogens is 101 g/mol. The van der Waals surface area contributed by atoms with E-state index >= 15 is 0 Å². The molecule has 0 aliphatic rings. The molecule has 0 amide bonds. The van der Waals surface area contributed by atoms with Crippen LogP contribution in [0.5, 0.6) is 0 Å². The maximum atomic E-state index is 8.39. The molecule has 1 heterocycles. The molecule has 1 rings (SSSR count). The number of rotatable bonds is 0. The third kappa shape index (κ3) is 2.02. The molecule has 0 aromatic carbocycles. The van der Waals surface area contributed by atoms with Crippen molar-refractivity contribution in [2.75, 3.05) is 0 Å². The van der Waals surface area contributed by atoms with Gasteiger partial charge in [0.1, 0.15) is 0 Å². The molecule has 0 saturated carbocycles. The molecule has 0 bridgehead atoms. The molecular formula is C4H6NNaO.